The maximum atomic E-state index is 9.06. The molecule has 2 aromatic rings. The number of nitrogens with zero attached hydrogens (tertiary/aromatic N) is 3. The van der Waals surface area contributed by atoms with Crippen molar-refractivity contribution in [2.45, 2.75) is 12.3 Å². The molecule has 94 valence electrons. The van der Waals surface area contributed by atoms with Crippen LogP contribution < -0.4 is 5.32 Å². The molecule has 1 N–H and O–H groups in total. The SMILES string of the molecule is CNC1OC(c2cccc3cnccc23)=NC1C#N. The van der Waals surface area contributed by atoms with Gasteiger partial charge in [-0.1, -0.05) is 12.1 Å². The number of benzene rings is 1. The molecule has 0 bridgehead atoms. The summed E-state index contributed by atoms with van der Waals surface area (Å²) in [5, 5.41) is 14.0. The Morgan fingerprint density at radius 3 is 3.00 bits per heavy atom. The Hall–Kier alpha value is -2.45. The largest absolute Gasteiger partial charge is 0.455 e. The zero-order valence-electron chi connectivity index (χ0n) is 10.4. The number of hydrogen-bond acceptors (Lipinski definition) is 5. The van der Waals surface area contributed by atoms with Crippen molar-refractivity contribution in [3.63, 3.8) is 0 Å². The topological polar surface area (TPSA) is 70.3 Å². The fourth-order valence-corrected chi connectivity index (χ4v) is 2.16. The summed E-state index contributed by atoms with van der Waals surface area (Å²) in [6, 6.07) is 9.38. The molecular weight excluding hydrogens is 240 g/mol. The molecule has 2 unspecified atom stereocenters. The summed E-state index contributed by atoms with van der Waals surface area (Å²) in [6.07, 6.45) is 3.14. The number of ether oxygens (including phenoxy) is 1. The molecule has 0 fully saturated rings. The van der Waals surface area contributed by atoms with Gasteiger partial charge in [-0.25, -0.2) is 4.99 Å². The molecule has 0 radical (unpaired) electrons. The summed E-state index contributed by atoms with van der Waals surface area (Å²) < 4.78 is 5.70. The highest BCUT2D eigenvalue weighted by atomic mass is 16.5. The van der Waals surface area contributed by atoms with Crippen molar-refractivity contribution in [2.24, 2.45) is 4.99 Å². The lowest BCUT2D eigenvalue weighted by Crippen LogP contribution is -2.34. The average Bonchev–Trinajstić information content (AvgIpc) is 2.89. The molecule has 2 atom stereocenters. The second-order valence-corrected chi connectivity index (χ2v) is 4.24. The summed E-state index contributed by atoms with van der Waals surface area (Å²) in [4.78, 5) is 8.43. The minimum Gasteiger partial charge on any atom is -0.455 e. The van der Waals surface area contributed by atoms with Crippen molar-refractivity contribution in [1.29, 1.82) is 5.26 Å². The minimum atomic E-state index is -0.517. The fourth-order valence-electron chi connectivity index (χ4n) is 2.16. The molecule has 1 aromatic carbocycles. The second kappa shape index (κ2) is 4.67. The summed E-state index contributed by atoms with van der Waals surface area (Å²) in [5.41, 5.74) is 0.887. The Balaban J connectivity index is 2.09. The first-order valence-corrected chi connectivity index (χ1v) is 5.98. The lowest BCUT2D eigenvalue weighted by Gasteiger charge is -2.12. The molecule has 1 aromatic heterocycles. The first-order chi connectivity index (χ1) is 9.33. The van der Waals surface area contributed by atoms with E-state index in [0.717, 1.165) is 16.3 Å². The first-order valence-electron chi connectivity index (χ1n) is 5.98. The highest BCUT2D eigenvalue weighted by Gasteiger charge is 2.30. The van der Waals surface area contributed by atoms with E-state index in [0.29, 0.717) is 5.90 Å². The summed E-state index contributed by atoms with van der Waals surface area (Å²) >= 11 is 0. The van der Waals surface area contributed by atoms with Crippen LogP contribution in [0.2, 0.25) is 0 Å². The van der Waals surface area contributed by atoms with Gasteiger partial charge in [-0.05, 0) is 24.6 Å². The molecule has 0 spiro atoms. The van der Waals surface area contributed by atoms with E-state index in [1.54, 1.807) is 19.4 Å². The molecule has 0 saturated carbocycles. The number of fused-ring (bicyclic) bond motifs is 1. The Labute approximate surface area is 110 Å². The van der Waals surface area contributed by atoms with Crippen molar-refractivity contribution in [3.05, 3.63) is 42.2 Å². The van der Waals surface area contributed by atoms with E-state index in [1.165, 1.54) is 0 Å². The van der Waals surface area contributed by atoms with Gasteiger partial charge < -0.3 is 4.74 Å². The van der Waals surface area contributed by atoms with Gasteiger partial charge in [0, 0.05) is 23.3 Å². The zero-order valence-corrected chi connectivity index (χ0v) is 10.4. The van der Waals surface area contributed by atoms with E-state index in [-0.39, 0.29) is 0 Å². The number of pyridine rings is 1. The summed E-state index contributed by atoms with van der Waals surface area (Å²) in [5.74, 6) is 0.503. The van der Waals surface area contributed by atoms with Crippen LogP contribution in [0.15, 0.2) is 41.7 Å². The van der Waals surface area contributed by atoms with E-state index in [4.69, 9.17) is 10.00 Å². The predicted molar refractivity (Wildman–Crippen MR) is 71.6 cm³/mol. The molecule has 0 saturated heterocycles. The van der Waals surface area contributed by atoms with Crippen LogP contribution in [0.1, 0.15) is 5.56 Å². The lowest BCUT2D eigenvalue weighted by atomic mass is 10.1. The van der Waals surface area contributed by atoms with Crippen LogP contribution in [0.4, 0.5) is 0 Å². The van der Waals surface area contributed by atoms with E-state index in [2.05, 4.69) is 21.4 Å². The number of aliphatic imine (C=N–C) groups is 1. The van der Waals surface area contributed by atoms with E-state index >= 15 is 0 Å². The third-order valence-electron chi connectivity index (χ3n) is 3.11. The molecule has 5 heteroatoms. The third kappa shape index (κ3) is 1.92. The van der Waals surface area contributed by atoms with Gasteiger partial charge in [0.05, 0.1) is 6.07 Å². The van der Waals surface area contributed by atoms with Crippen molar-refractivity contribution in [2.75, 3.05) is 7.05 Å². The Morgan fingerprint density at radius 2 is 2.26 bits per heavy atom. The third-order valence-corrected chi connectivity index (χ3v) is 3.11. The molecule has 0 amide bonds. The Bertz CT molecular complexity index is 684. The van der Waals surface area contributed by atoms with Crippen molar-refractivity contribution >= 4 is 16.7 Å². The number of hydrogen-bond donors (Lipinski definition) is 1. The highest BCUT2D eigenvalue weighted by molar-refractivity contribution is 6.07. The van der Waals surface area contributed by atoms with Crippen molar-refractivity contribution in [1.82, 2.24) is 10.3 Å². The number of nitriles is 1. The van der Waals surface area contributed by atoms with Crippen LogP contribution in [0.25, 0.3) is 10.8 Å². The predicted octanol–water partition coefficient (Wildman–Crippen LogP) is 1.45. The van der Waals surface area contributed by atoms with Gasteiger partial charge in [0.1, 0.15) is 0 Å². The van der Waals surface area contributed by atoms with Gasteiger partial charge >= 0.3 is 0 Å². The zero-order chi connectivity index (χ0) is 13.2. The molecule has 2 heterocycles. The normalized spacial score (nSPS) is 21.8. The summed E-state index contributed by atoms with van der Waals surface area (Å²) in [6.45, 7) is 0. The average molecular weight is 252 g/mol. The van der Waals surface area contributed by atoms with Gasteiger partial charge in [0.25, 0.3) is 0 Å². The standard InChI is InChI=1S/C14H12N4O/c1-16-14-12(7-15)18-13(19-14)11-4-2-3-9-8-17-6-5-10(9)11/h2-6,8,12,14,16H,1H3. The number of aromatic nitrogens is 1. The van der Waals surface area contributed by atoms with Gasteiger partial charge in [-0.15, -0.1) is 0 Å². The molecular formula is C14H12N4O. The van der Waals surface area contributed by atoms with Crippen LogP contribution in [-0.2, 0) is 4.74 Å². The van der Waals surface area contributed by atoms with Crippen LogP contribution >= 0.6 is 0 Å². The van der Waals surface area contributed by atoms with E-state index in [9.17, 15) is 0 Å². The van der Waals surface area contributed by atoms with Crippen molar-refractivity contribution in [3.8, 4) is 6.07 Å². The van der Waals surface area contributed by atoms with Gasteiger partial charge in [-0.2, -0.15) is 5.26 Å². The van der Waals surface area contributed by atoms with E-state index < -0.39 is 12.3 Å². The second-order valence-electron chi connectivity index (χ2n) is 4.24. The number of nitrogens with one attached hydrogen (secondary N) is 1. The molecule has 0 aliphatic carbocycles. The van der Waals surface area contributed by atoms with Gasteiger partial charge in [0.15, 0.2) is 12.3 Å². The number of rotatable bonds is 2. The van der Waals surface area contributed by atoms with Crippen LogP contribution in [0, 0.1) is 11.3 Å². The molecule has 3 rings (SSSR count). The molecule has 5 nitrogen and oxygen atoms in total. The maximum Gasteiger partial charge on any atom is 0.219 e. The number of likely N-dealkylation sites (N-methyl/N-ethyl adjacent to an activating group) is 1. The van der Waals surface area contributed by atoms with Crippen molar-refractivity contribution < 1.29 is 4.74 Å². The first kappa shape index (κ1) is 11.6. The van der Waals surface area contributed by atoms with Crippen LogP contribution in [-0.4, -0.2) is 30.2 Å². The maximum absolute atomic E-state index is 9.06. The van der Waals surface area contributed by atoms with Crippen LogP contribution in [0.3, 0.4) is 0 Å². The monoisotopic (exact) mass is 252 g/mol. The quantitative estimate of drug-likeness (QED) is 0.878. The Morgan fingerprint density at radius 1 is 1.37 bits per heavy atom. The molecule has 19 heavy (non-hydrogen) atoms. The van der Waals surface area contributed by atoms with Crippen LogP contribution in [0.5, 0.6) is 0 Å². The minimum absolute atomic E-state index is 0.392. The smallest absolute Gasteiger partial charge is 0.219 e. The highest BCUT2D eigenvalue weighted by Crippen LogP contribution is 2.23. The Kier molecular flexibility index (Phi) is 2.86. The molecule has 1 aliphatic rings. The van der Waals surface area contributed by atoms with Gasteiger partial charge in [-0.3, -0.25) is 10.3 Å². The van der Waals surface area contributed by atoms with Gasteiger partial charge in [0.2, 0.25) is 5.90 Å². The van der Waals surface area contributed by atoms with E-state index in [1.807, 2.05) is 24.3 Å². The lowest BCUT2D eigenvalue weighted by molar-refractivity contribution is 0.179. The molecule has 1 aliphatic heterocycles. The summed E-state index contributed by atoms with van der Waals surface area (Å²) in [7, 11) is 1.75. The fraction of sp³-hybridized carbons (Fsp3) is 0.214.